The van der Waals surface area contributed by atoms with Crippen molar-refractivity contribution < 1.29 is 14.3 Å². The van der Waals surface area contributed by atoms with Gasteiger partial charge in [0.1, 0.15) is 23.1 Å². The van der Waals surface area contributed by atoms with Crippen LogP contribution in [-0.2, 0) is 4.79 Å². The zero-order valence-corrected chi connectivity index (χ0v) is 17.4. The van der Waals surface area contributed by atoms with Gasteiger partial charge in [0.2, 0.25) is 5.88 Å². The number of nitriles is 1. The molecule has 1 aliphatic carbocycles. The number of ether oxygens (including phenoxy) is 2. The Labute approximate surface area is 176 Å². The average molecular weight is 400 g/mol. The number of rotatable bonds is 4. The van der Waals surface area contributed by atoms with Crippen LogP contribution in [0.25, 0.3) is 0 Å². The van der Waals surface area contributed by atoms with E-state index in [0.29, 0.717) is 35.8 Å². The summed E-state index contributed by atoms with van der Waals surface area (Å²) in [5.74, 6) is 1.47. The Bertz CT molecular complexity index is 1090. The van der Waals surface area contributed by atoms with Crippen LogP contribution in [0.5, 0.6) is 11.5 Å². The highest BCUT2D eigenvalue weighted by atomic mass is 16.5. The van der Waals surface area contributed by atoms with Crippen LogP contribution in [0.3, 0.4) is 0 Å². The first-order valence-corrected chi connectivity index (χ1v) is 9.95. The standard InChI is InChI=1S/C25H24N2O3/c1-25(2)13-17(11-18(28)14-25)27-24-21(15-26)23(16-7-5-4-6-8-16)20-10-9-19(29-3)12-22(20)30-24/h4-12,23,27H,13-14H2,1-3H3. The molecule has 0 radical (unpaired) electrons. The number of fused-ring (bicyclic) bond motifs is 1. The fourth-order valence-corrected chi connectivity index (χ4v) is 4.19. The highest BCUT2D eigenvalue weighted by Gasteiger charge is 2.34. The van der Waals surface area contributed by atoms with Crippen LogP contribution in [0.4, 0.5) is 0 Å². The second kappa shape index (κ2) is 7.72. The quantitative estimate of drug-likeness (QED) is 0.797. The Hall–Kier alpha value is -3.52. The first-order chi connectivity index (χ1) is 14.4. The fourth-order valence-electron chi connectivity index (χ4n) is 4.19. The lowest BCUT2D eigenvalue weighted by molar-refractivity contribution is -0.117. The molecule has 0 fully saturated rings. The van der Waals surface area contributed by atoms with Crippen molar-refractivity contribution in [3.8, 4) is 17.6 Å². The van der Waals surface area contributed by atoms with Gasteiger partial charge in [-0.3, -0.25) is 4.79 Å². The van der Waals surface area contributed by atoms with Crippen molar-refractivity contribution in [2.45, 2.75) is 32.6 Å². The topological polar surface area (TPSA) is 71.3 Å². The molecular weight excluding hydrogens is 376 g/mol. The van der Waals surface area contributed by atoms with Gasteiger partial charge < -0.3 is 14.8 Å². The predicted molar refractivity (Wildman–Crippen MR) is 114 cm³/mol. The molecule has 5 heteroatoms. The SMILES string of the molecule is COc1ccc2c(c1)OC(NC1=CC(=O)CC(C)(C)C1)=C(C#N)C2c1ccccc1. The van der Waals surface area contributed by atoms with Gasteiger partial charge in [-0.25, -0.2) is 0 Å². The Balaban J connectivity index is 1.81. The molecule has 0 amide bonds. The van der Waals surface area contributed by atoms with E-state index in [1.807, 2.05) is 48.5 Å². The van der Waals surface area contributed by atoms with Gasteiger partial charge in [0.05, 0.1) is 13.0 Å². The second-order valence-corrected chi connectivity index (χ2v) is 8.48. The van der Waals surface area contributed by atoms with Crippen LogP contribution < -0.4 is 14.8 Å². The number of ketones is 1. The maximum absolute atomic E-state index is 12.2. The van der Waals surface area contributed by atoms with E-state index >= 15 is 0 Å². The molecule has 2 aliphatic rings. The lowest BCUT2D eigenvalue weighted by atomic mass is 9.78. The van der Waals surface area contributed by atoms with Crippen LogP contribution in [0.15, 0.2) is 71.8 Å². The van der Waals surface area contributed by atoms with Crippen LogP contribution in [0.1, 0.15) is 43.7 Å². The summed E-state index contributed by atoms with van der Waals surface area (Å²) in [6.07, 6.45) is 2.83. The van der Waals surface area contributed by atoms with Crippen molar-refractivity contribution in [3.05, 3.63) is 82.9 Å². The number of hydrogen-bond acceptors (Lipinski definition) is 5. The summed E-state index contributed by atoms with van der Waals surface area (Å²) in [6.45, 7) is 4.13. The molecule has 0 aromatic heterocycles. The van der Waals surface area contributed by atoms with Gasteiger partial charge in [-0.05, 0) is 23.5 Å². The van der Waals surface area contributed by atoms with E-state index in [0.717, 1.165) is 16.8 Å². The Morgan fingerprint density at radius 1 is 1.17 bits per heavy atom. The highest BCUT2D eigenvalue weighted by molar-refractivity contribution is 5.91. The second-order valence-electron chi connectivity index (χ2n) is 8.48. The van der Waals surface area contributed by atoms with Crippen molar-refractivity contribution in [1.29, 1.82) is 5.26 Å². The van der Waals surface area contributed by atoms with Crippen LogP contribution >= 0.6 is 0 Å². The number of nitrogens with zero attached hydrogens (tertiary/aromatic N) is 1. The summed E-state index contributed by atoms with van der Waals surface area (Å²) in [6, 6.07) is 17.9. The number of benzene rings is 2. The summed E-state index contributed by atoms with van der Waals surface area (Å²) < 4.78 is 11.5. The normalized spacial score (nSPS) is 19.9. The van der Waals surface area contributed by atoms with Crippen molar-refractivity contribution in [3.63, 3.8) is 0 Å². The third-order valence-corrected chi connectivity index (χ3v) is 5.46. The predicted octanol–water partition coefficient (Wildman–Crippen LogP) is 4.82. The summed E-state index contributed by atoms with van der Waals surface area (Å²) in [4.78, 5) is 12.2. The van der Waals surface area contributed by atoms with Crippen LogP contribution in [0, 0.1) is 16.7 Å². The minimum atomic E-state index is -0.277. The van der Waals surface area contributed by atoms with E-state index in [1.165, 1.54) is 0 Å². The number of methoxy groups -OCH3 is 1. The van der Waals surface area contributed by atoms with Crippen molar-refractivity contribution >= 4 is 5.78 Å². The molecule has 152 valence electrons. The fraction of sp³-hybridized carbons (Fsp3) is 0.280. The van der Waals surface area contributed by atoms with Gasteiger partial charge in [-0.1, -0.05) is 50.2 Å². The molecule has 1 heterocycles. The molecule has 0 bridgehead atoms. The number of nitrogens with one attached hydrogen (secondary N) is 1. The minimum absolute atomic E-state index is 0.0744. The van der Waals surface area contributed by atoms with Gasteiger partial charge in [0.15, 0.2) is 5.78 Å². The zero-order valence-electron chi connectivity index (χ0n) is 17.4. The first-order valence-electron chi connectivity index (χ1n) is 9.95. The van der Waals surface area contributed by atoms with E-state index in [4.69, 9.17) is 9.47 Å². The molecule has 5 nitrogen and oxygen atoms in total. The molecular formula is C25H24N2O3. The number of hydrogen-bond donors (Lipinski definition) is 1. The van der Waals surface area contributed by atoms with E-state index in [-0.39, 0.29) is 17.1 Å². The molecule has 2 aromatic rings. The smallest absolute Gasteiger partial charge is 0.212 e. The molecule has 1 atom stereocenters. The third kappa shape index (κ3) is 3.81. The summed E-state index contributed by atoms with van der Waals surface area (Å²) in [5, 5.41) is 13.3. The molecule has 2 aromatic carbocycles. The van der Waals surface area contributed by atoms with Gasteiger partial charge in [-0.15, -0.1) is 0 Å². The molecule has 4 rings (SSSR count). The average Bonchev–Trinajstić information content (AvgIpc) is 2.71. The molecule has 1 N–H and O–H groups in total. The summed E-state index contributed by atoms with van der Waals surface area (Å²) in [7, 11) is 1.61. The highest BCUT2D eigenvalue weighted by Crippen LogP contribution is 2.44. The lowest BCUT2D eigenvalue weighted by Crippen LogP contribution is -2.31. The molecule has 1 unspecified atom stereocenters. The van der Waals surface area contributed by atoms with Crippen LogP contribution in [0.2, 0.25) is 0 Å². The third-order valence-electron chi connectivity index (χ3n) is 5.46. The van der Waals surface area contributed by atoms with Gasteiger partial charge in [0.25, 0.3) is 0 Å². The summed E-state index contributed by atoms with van der Waals surface area (Å²) >= 11 is 0. The van der Waals surface area contributed by atoms with E-state index < -0.39 is 0 Å². The number of allylic oxidation sites excluding steroid dienone is 3. The van der Waals surface area contributed by atoms with Gasteiger partial charge >= 0.3 is 0 Å². The maximum Gasteiger partial charge on any atom is 0.212 e. The monoisotopic (exact) mass is 400 g/mol. The molecule has 0 spiro atoms. The molecule has 30 heavy (non-hydrogen) atoms. The van der Waals surface area contributed by atoms with E-state index in [2.05, 4.69) is 25.2 Å². The van der Waals surface area contributed by atoms with Crippen molar-refractivity contribution in [1.82, 2.24) is 5.32 Å². The summed E-state index contributed by atoms with van der Waals surface area (Å²) in [5.41, 5.74) is 3.00. The molecule has 1 aliphatic heterocycles. The van der Waals surface area contributed by atoms with E-state index in [1.54, 1.807) is 13.2 Å². The maximum atomic E-state index is 12.2. The van der Waals surface area contributed by atoms with E-state index in [9.17, 15) is 10.1 Å². The Morgan fingerprint density at radius 3 is 2.60 bits per heavy atom. The van der Waals surface area contributed by atoms with Gasteiger partial charge in [0, 0.05) is 29.8 Å². The Morgan fingerprint density at radius 2 is 1.93 bits per heavy atom. The van der Waals surface area contributed by atoms with Gasteiger partial charge in [-0.2, -0.15) is 5.26 Å². The molecule has 0 saturated heterocycles. The van der Waals surface area contributed by atoms with Crippen molar-refractivity contribution in [2.24, 2.45) is 5.41 Å². The van der Waals surface area contributed by atoms with Crippen molar-refractivity contribution in [2.75, 3.05) is 7.11 Å². The number of carbonyl (C=O) groups excluding carboxylic acids is 1. The zero-order chi connectivity index (χ0) is 21.3. The minimum Gasteiger partial charge on any atom is -0.497 e. The molecule has 0 saturated carbocycles. The largest absolute Gasteiger partial charge is 0.497 e. The lowest BCUT2D eigenvalue weighted by Gasteiger charge is -2.32. The number of carbonyl (C=O) groups is 1. The van der Waals surface area contributed by atoms with Crippen LogP contribution in [-0.4, -0.2) is 12.9 Å². The first kappa shape index (κ1) is 19.8. The Kier molecular flexibility index (Phi) is 5.09.